The molecule has 2 nitrogen and oxygen atoms in total. The molecular weight excluding hydrogens is 1370 g/mol. The van der Waals surface area contributed by atoms with Crippen LogP contribution in [0.15, 0.2) is 376 Å². The summed E-state index contributed by atoms with van der Waals surface area (Å²) < 4.78 is 43.1. The summed E-state index contributed by atoms with van der Waals surface area (Å²) in [4.78, 5) is 2.58. The van der Waals surface area contributed by atoms with Gasteiger partial charge in [-0.3, -0.25) is 0 Å². The van der Waals surface area contributed by atoms with E-state index in [1.54, 1.807) is 0 Å². The molecule has 0 atom stereocenters. The molecular formula is C104H71BN2Se. The fourth-order valence-electron chi connectivity index (χ4n) is 17.5. The Hall–Kier alpha value is -12.8. The first-order chi connectivity index (χ1) is 54.8. The maximum atomic E-state index is 10.0. The number of benzene rings is 18. The van der Waals surface area contributed by atoms with Crippen LogP contribution in [-0.4, -0.2) is 26.2 Å². The zero-order valence-electron chi connectivity index (χ0n) is 63.9. The van der Waals surface area contributed by atoms with Gasteiger partial charge >= 0.3 is 598 Å². The molecule has 19 aromatic rings. The Morgan fingerprint density at radius 2 is 0.731 bits per heavy atom. The van der Waals surface area contributed by atoms with Crippen LogP contribution in [0.3, 0.4) is 0 Å². The summed E-state index contributed by atoms with van der Waals surface area (Å²) >= 11 is -0.316. The monoisotopic (exact) mass is 1440 g/mol. The Bertz CT molecular complexity index is 6890. The van der Waals surface area contributed by atoms with E-state index in [1.807, 2.05) is 0 Å². The number of hydrogen-bond donors (Lipinski definition) is 0. The van der Waals surface area contributed by atoms with Gasteiger partial charge in [-0.2, -0.15) is 0 Å². The minimum atomic E-state index is -0.317. The number of rotatable bonds is 10. The summed E-state index contributed by atoms with van der Waals surface area (Å²) in [5.74, 6) is 0. The van der Waals surface area contributed by atoms with Gasteiger partial charge in [-0.15, -0.1) is 0 Å². The molecule has 0 amide bonds. The molecule has 21 rings (SSSR count). The van der Waals surface area contributed by atoms with Crippen LogP contribution in [-0.2, 0) is 5.41 Å². The number of nitrogens with zero attached hydrogens (tertiary/aromatic N) is 2. The molecule has 0 bridgehead atoms. The molecule has 0 N–H and O–H groups in total. The van der Waals surface area contributed by atoms with Gasteiger partial charge in [-0.05, 0) is 0 Å². The quantitative estimate of drug-likeness (QED) is 0.124. The van der Waals surface area contributed by atoms with Gasteiger partial charge in [0.05, 0.1) is 0 Å². The molecule has 2 aliphatic rings. The van der Waals surface area contributed by atoms with E-state index in [4.69, 9.17) is 0 Å². The summed E-state index contributed by atoms with van der Waals surface area (Å²) in [6.07, 6.45) is 0. The summed E-state index contributed by atoms with van der Waals surface area (Å²) in [5.41, 5.74) is 27.6. The number of para-hydroxylation sites is 2. The van der Waals surface area contributed by atoms with Crippen LogP contribution in [0.1, 0.15) is 31.8 Å². The van der Waals surface area contributed by atoms with Crippen molar-refractivity contribution in [3.05, 3.63) is 382 Å². The van der Waals surface area contributed by atoms with Gasteiger partial charge < -0.3 is 0 Å². The van der Waals surface area contributed by atoms with Crippen LogP contribution >= 0.6 is 0 Å². The first-order valence-corrected chi connectivity index (χ1v) is 39.0. The molecule has 506 valence electrons. The summed E-state index contributed by atoms with van der Waals surface area (Å²) in [7, 11) is 0. The third kappa shape index (κ3) is 10.6. The molecule has 0 spiro atoms. The van der Waals surface area contributed by atoms with Gasteiger partial charge in [-0.25, -0.2) is 0 Å². The number of fused-ring (bicyclic) bond motifs is 11. The molecule has 0 saturated carbocycles. The van der Waals surface area contributed by atoms with Crippen molar-refractivity contribution < 1.29 is 5.48 Å². The minimum absolute atomic E-state index is 0.0476. The molecule has 4 heteroatoms. The summed E-state index contributed by atoms with van der Waals surface area (Å²) in [6, 6.07) is 130. The summed E-state index contributed by atoms with van der Waals surface area (Å²) in [6.45, 7) is 6.27. The van der Waals surface area contributed by atoms with Crippen molar-refractivity contribution in [2.45, 2.75) is 26.2 Å². The van der Waals surface area contributed by atoms with Crippen molar-refractivity contribution in [1.82, 2.24) is 4.57 Å². The number of hydrogen-bond acceptors (Lipinski definition) is 1. The standard InChI is InChI=1S/C104H71BN2Se/c1-104(2,3)80-51-53-97-93(63-80)92-41-18-19-48-96(92)106(97)81-64-99-102-101(65-81)108-100-54-50-73(75-57-78(88-44-22-35-68-31-12-16-39-84(68)88)60-79(58-75)89-45-23-36-69-32-13-17-40-85(69)89)62-95(100)105(102)94-61-72(49-52-98(94)107(99)103-90(70-25-6-4-7-26-70)46-24-47-91(103)71-27-8-5-9-28-71)74-55-76(86-42-20-33-66-29-10-14-37-82(66)86)59-77(56-74)87-43-21-34-67-30-11-15-38-83(67)87/h4-65H,1-3H3/i18D,19D,41D,48D. The molecule has 0 aliphatic carbocycles. The Labute approximate surface area is 642 Å². The van der Waals surface area contributed by atoms with Crippen LogP contribution in [0.4, 0.5) is 17.1 Å². The van der Waals surface area contributed by atoms with Gasteiger partial charge in [-0.1, -0.05) is 48.5 Å². The predicted octanol–water partition coefficient (Wildman–Crippen LogP) is 24.3. The van der Waals surface area contributed by atoms with E-state index >= 15 is 0 Å². The Morgan fingerprint density at radius 3 is 1.24 bits per heavy atom. The first kappa shape index (κ1) is 59.4. The molecule has 1 aromatic heterocycles. The fourth-order valence-corrected chi connectivity index (χ4v) is 20.0. The van der Waals surface area contributed by atoms with Crippen molar-refractivity contribution in [2.24, 2.45) is 0 Å². The molecule has 108 heavy (non-hydrogen) atoms. The second-order valence-electron chi connectivity index (χ2n) is 30.0. The van der Waals surface area contributed by atoms with Gasteiger partial charge in [0.1, 0.15) is 0 Å². The predicted molar refractivity (Wildman–Crippen MR) is 464 cm³/mol. The second-order valence-corrected chi connectivity index (χ2v) is 32.2. The van der Waals surface area contributed by atoms with Crippen molar-refractivity contribution in [3.8, 4) is 94.7 Å². The van der Waals surface area contributed by atoms with Crippen molar-refractivity contribution in [2.75, 3.05) is 4.90 Å². The van der Waals surface area contributed by atoms with Gasteiger partial charge in [0.25, 0.3) is 0 Å². The molecule has 0 saturated heterocycles. The van der Waals surface area contributed by atoms with E-state index in [2.05, 4.69) is 382 Å². The fraction of sp³-hybridized carbons (Fsp3) is 0.0385. The van der Waals surface area contributed by atoms with Gasteiger partial charge in [0, 0.05) is 0 Å². The zero-order chi connectivity index (χ0) is 75.2. The molecule has 0 unspecified atom stereocenters. The maximum absolute atomic E-state index is 10.0. The third-order valence-corrected chi connectivity index (χ3v) is 25.1. The molecule has 3 heterocycles. The van der Waals surface area contributed by atoms with E-state index in [-0.39, 0.29) is 51.3 Å². The number of anilines is 3. The van der Waals surface area contributed by atoms with Crippen LogP contribution in [0, 0.1) is 0 Å². The first-order valence-electron chi connectivity index (χ1n) is 39.3. The Kier molecular flexibility index (Phi) is 14.0. The van der Waals surface area contributed by atoms with E-state index in [9.17, 15) is 5.48 Å². The molecule has 0 fully saturated rings. The molecule has 2 aliphatic heterocycles. The Morgan fingerprint density at radius 1 is 0.296 bits per heavy atom. The van der Waals surface area contributed by atoms with E-state index in [0.29, 0.717) is 10.9 Å². The van der Waals surface area contributed by atoms with Gasteiger partial charge in [0.2, 0.25) is 0 Å². The summed E-state index contributed by atoms with van der Waals surface area (Å²) in [5, 5.41) is 10.9. The van der Waals surface area contributed by atoms with E-state index in [0.717, 1.165) is 106 Å². The zero-order valence-corrected chi connectivity index (χ0v) is 61.6. The average molecular weight is 1440 g/mol. The third-order valence-electron chi connectivity index (χ3n) is 22.6. The second kappa shape index (κ2) is 25.5. The SMILES string of the molecule is [2H]c1c([2H])c([2H])c2c(c1[2H])c1cc(C(C)(C)C)ccc1n2-c1cc2c3c(c1)N(c1c(-c4ccccc4)cccc1-c1ccccc1)c1ccc(-c4cc(-c5cccc6ccccc56)cc(-c5cccc6ccccc56)c4)cc1B3c1cc(-c3cc(-c4cccc5ccccc45)cc(-c4cccc5ccccc45)c3)ccc1[Se]2. The van der Waals surface area contributed by atoms with E-state index < -0.39 is 0 Å². The van der Waals surface area contributed by atoms with Crippen LogP contribution < -0.4 is 30.2 Å². The molecule has 18 aromatic carbocycles. The van der Waals surface area contributed by atoms with Gasteiger partial charge in [0.15, 0.2) is 0 Å². The van der Waals surface area contributed by atoms with E-state index in [1.165, 1.54) is 90.7 Å². The van der Waals surface area contributed by atoms with Crippen molar-refractivity contribution >= 4 is 129 Å². The normalized spacial score (nSPS) is 13.0. The Balaban J connectivity index is 0.877. The number of aromatic nitrogens is 1. The molecule has 0 radical (unpaired) electrons. The van der Waals surface area contributed by atoms with Crippen LogP contribution in [0.25, 0.3) is 160 Å². The topological polar surface area (TPSA) is 8.17 Å². The van der Waals surface area contributed by atoms with Crippen LogP contribution in [0.2, 0.25) is 0 Å². The van der Waals surface area contributed by atoms with Crippen molar-refractivity contribution in [1.29, 1.82) is 0 Å². The van der Waals surface area contributed by atoms with Crippen molar-refractivity contribution in [3.63, 3.8) is 0 Å². The van der Waals surface area contributed by atoms with Crippen LogP contribution in [0.5, 0.6) is 0 Å². The average Bonchev–Trinajstić information content (AvgIpc) is 1.35.